The summed E-state index contributed by atoms with van der Waals surface area (Å²) in [5.41, 5.74) is 7.55. The van der Waals surface area contributed by atoms with Crippen molar-refractivity contribution < 1.29 is 28.5 Å². The fourth-order valence-electron chi connectivity index (χ4n) is 2.58. The predicted molar refractivity (Wildman–Crippen MR) is 130 cm³/mol. The number of nitrogens with two attached hydrogens (primary N) is 1. The summed E-state index contributed by atoms with van der Waals surface area (Å²) < 4.78 is 20.8. The summed E-state index contributed by atoms with van der Waals surface area (Å²) in [6.45, 7) is 3.81. The molecule has 0 heterocycles. The molecule has 0 saturated carbocycles. The summed E-state index contributed by atoms with van der Waals surface area (Å²) in [6, 6.07) is 11.9. The molecule has 0 saturated heterocycles. The number of amides is 1. The number of ether oxygens (including phenoxy) is 4. The van der Waals surface area contributed by atoms with Gasteiger partial charge in [-0.05, 0) is 41.3 Å². The summed E-state index contributed by atoms with van der Waals surface area (Å²) >= 11 is 0. The SMILES string of the molecule is COc1cc(C=Cc2ccc(OC(=O)NCCOC(=O)C(N)C(C)C)cc2)cc(OC)c1.Cl. The van der Waals surface area contributed by atoms with Gasteiger partial charge >= 0.3 is 12.1 Å². The van der Waals surface area contributed by atoms with Gasteiger partial charge in [0, 0.05) is 6.07 Å². The highest BCUT2D eigenvalue weighted by atomic mass is 35.5. The van der Waals surface area contributed by atoms with Gasteiger partial charge in [-0.3, -0.25) is 4.79 Å². The fourth-order valence-corrected chi connectivity index (χ4v) is 2.58. The van der Waals surface area contributed by atoms with Gasteiger partial charge in [-0.2, -0.15) is 0 Å². The molecule has 0 aliphatic rings. The summed E-state index contributed by atoms with van der Waals surface area (Å²) in [4.78, 5) is 23.5. The molecular weight excluding hydrogens is 448 g/mol. The molecule has 0 fully saturated rings. The van der Waals surface area contributed by atoms with E-state index in [2.05, 4.69) is 5.32 Å². The number of nitrogens with one attached hydrogen (secondary N) is 1. The van der Waals surface area contributed by atoms with Gasteiger partial charge in [0.2, 0.25) is 0 Å². The van der Waals surface area contributed by atoms with E-state index < -0.39 is 18.1 Å². The van der Waals surface area contributed by atoms with Crippen molar-refractivity contribution in [2.45, 2.75) is 19.9 Å². The van der Waals surface area contributed by atoms with Crippen LogP contribution in [0.5, 0.6) is 17.2 Å². The molecule has 0 radical (unpaired) electrons. The van der Waals surface area contributed by atoms with E-state index >= 15 is 0 Å². The van der Waals surface area contributed by atoms with E-state index in [1.807, 2.05) is 50.3 Å². The highest BCUT2D eigenvalue weighted by molar-refractivity contribution is 5.85. The maximum absolute atomic E-state index is 11.9. The van der Waals surface area contributed by atoms with Crippen LogP contribution < -0.4 is 25.3 Å². The van der Waals surface area contributed by atoms with Crippen molar-refractivity contribution in [2.75, 3.05) is 27.4 Å². The van der Waals surface area contributed by atoms with Gasteiger partial charge in [0.05, 0.1) is 20.8 Å². The molecule has 8 nitrogen and oxygen atoms in total. The number of methoxy groups -OCH3 is 2. The van der Waals surface area contributed by atoms with Crippen LogP contribution in [0.25, 0.3) is 12.2 Å². The second-order valence-electron chi connectivity index (χ2n) is 7.30. The number of hydrogen-bond acceptors (Lipinski definition) is 7. The molecule has 2 rings (SSSR count). The largest absolute Gasteiger partial charge is 0.497 e. The first-order valence-corrected chi connectivity index (χ1v) is 10.2. The summed E-state index contributed by atoms with van der Waals surface area (Å²) in [5, 5.41) is 2.52. The highest BCUT2D eigenvalue weighted by Gasteiger charge is 2.18. The maximum atomic E-state index is 11.9. The van der Waals surface area contributed by atoms with Crippen molar-refractivity contribution in [3.8, 4) is 17.2 Å². The molecule has 1 atom stereocenters. The third-order valence-electron chi connectivity index (χ3n) is 4.54. The molecule has 0 aromatic heterocycles. The Balaban J connectivity index is 0.00000544. The Morgan fingerprint density at radius 1 is 0.939 bits per heavy atom. The molecule has 0 spiro atoms. The fraction of sp³-hybridized carbons (Fsp3) is 0.333. The van der Waals surface area contributed by atoms with Crippen LogP contribution in [0, 0.1) is 5.92 Å². The zero-order chi connectivity index (χ0) is 23.5. The van der Waals surface area contributed by atoms with E-state index in [4.69, 9.17) is 24.7 Å². The van der Waals surface area contributed by atoms with Gasteiger partial charge in [-0.25, -0.2) is 4.79 Å². The van der Waals surface area contributed by atoms with Crippen molar-refractivity contribution in [1.29, 1.82) is 0 Å². The Labute approximate surface area is 200 Å². The first-order chi connectivity index (χ1) is 15.3. The molecule has 0 bridgehead atoms. The van der Waals surface area contributed by atoms with Gasteiger partial charge in [-0.1, -0.05) is 38.1 Å². The number of esters is 1. The van der Waals surface area contributed by atoms with Gasteiger partial charge < -0.3 is 30.0 Å². The van der Waals surface area contributed by atoms with Crippen molar-refractivity contribution in [2.24, 2.45) is 11.7 Å². The Morgan fingerprint density at radius 2 is 1.52 bits per heavy atom. The molecule has 33 heavy (non-hydrogen) atoms. The van der Waals surface area contributed by atoms with E-state index in [-0.39, 0.29) is 31.5 Å². The van der Waals surface area contributed by atoms with E-state index in [1.165, 1.54) is 0 Å². The summed E-state index contributed by atoms with van der Waals surface area (Å²) in [5.74, 6) is 1.29. The van der Waals surface area contributed by atoms with Crippen LogP contribution in [0.15, 0.2) is 42.5 Å². The van der Waals surface area contributed by atoms with Gasteiger partial charge in [0.25, 0.3) is 0 Å². The zero-order valence-electron chi connectivity index (χ0n) is 19.2. The third-order valence-corrected chi connectivity index (χ3v) is 4.54. The average Bonchev–Trinajstić information content (AvgIpc) is 2.80. The molecule has 9 heteroatoms. The molecule has 0 aliphatic heterocycles. The quantitative estimate of drug-likeness (QED) is 0.302. The average molecular weight is 479 g/mol. The monoisotopic (exact) mass is 478 g/mol. The summed E-state index contributed by atoms with van der Waals surface area (Å²) in [7, 11) is 3.21. The Morgan fingerprint density at radius 3 is 2.06 bits per heavy atom. The smallest absolute Gasteiger partial charge is 0.412 e. The van der Waals surface area contributed by atoms with Gasteiger partial charge in [0.1, 0.15) is 29.9 Å². The van der Waals surface area contributed by atoms with Crippen molar-refractivity contribution >= 4 is 36.6 Å². The molecule has 1 unspecified atom stereocenters. The number of carbonyl (C=O) groups is 2. The van der Waals surface area contributed by atoms with Crippen LogP contribution in [0.1, 0.15) is 25.0 Å². The second-order valence-corrected chi connectivity index (χ2v) is 7.30. The number of rotatable bonds is 10. The molecule has 2 aromatic rings. The van der Waals surface area contributed by atoms with Crippen molar-refractivity contribution in [1.82, 2.24) is 5.32 Å². The number of halogens is 1. The van der Waals surface area contributed by atoms with E-state index in [0.29, 0.717) is 17.2 Å². The molecule has 2 aromatic carbocycles. The van der Waals surface area contributed by atoms with Gasteiger partial charge in [0.15, 0.2) is 0 Å². The Bertz CT molecular complexity index is 909. The second kappa shape index (κ2) is 14.0. The first-order valence-electron chi connectivity index (χ1n) is 10.2. The van der Waals surface area contributed by atoms with Crippen LogP contribution in [0.2, 0.25) is 0 Å². The molecular formula is C24H31ClN2O6. The van der Waals surface area contributed by atoms with Crippen LogP contribution in [0.4, 0.5) is 4.79 Å². The Kier molecular flexibility index (Phi) is 11.8. The van der Waals surface area contributed by atoms with Gasteiger partial charge in [-0.15, -0.1) is 12.4 Å². The minimum atomic E-state index is -0.680. The first kappa shape index (κ1) is 27.8. The number of benzene rings is 2. The highest BCUT2D eigenvalue weighted by Crippen LogP contribution is 2.24. The lowest BCUT2D eigenvalue weighted by Gasteiger charge is -2.14. The van der Waals surface area contributed by atoms with Crippen molar-refractivity contribution in [3.63, 3.8) is 0 Å². The Hall–Kier alpha value is -3.23. The minimum Gasteiger partial charge on any atom is -0.497 e. The normalized spacial score (nSPS) is 11.5. The number of carbonyl (C=O) groups excluding carboxylic acids is 2. The predicted octanol–water partition coefficient (Wildman–Crippen LogP) is 3.91. The summed E-state index contributed by atoms with van der Waals surface area (Å²) in [6.07, 6.45) is 3.22. The van der Waals surface area contributed by atoms with E-state index in [1.54, 1.807) is 32.4 Å². The van der Waals surface area contributed by atoms with Crippen LogP contribution in [-0.2, 0) is 9.53 Å². The zero-order valence-corrected chi connectivity index (χ0v) is 20.0. The lowest BCUT2D eigenvalue weighted by Crippen LogP contribution is -2.38. The van der Waals surface area contributed by atoms with Crippen LogP contribution >= 0.6 is 12.4 Å². The lowest BCUT2D eigenvalue weighted by molar-refractivity contribution is -0.146. The van der Waals surface area contributed by atoms with E-state index in [9.17, 15) is 9.59 Å². The topological polar surface area (TPSA) is 109 Å². The van der Waals surface area contributed by atoms with Crippen LogP contribution in [0.3, 0.4) is 0 Å². The standard InChI is InChI=1S/C24H30N2O6.ClH/c1-16(2)22(25)23(27)31-12-11-26-24(28)32-19-9-7-17(8-10-19)5-6-18-13-20(29-3)15-21(14-18)30-4;/h5-10,13-16,22H,11-12,25H2,1-4H3,(H,26,28);1H. The van der Waals surface area contributed by atoms with Crippen molar-refractivity contribution in [3.05, 3.63) is 53.6 Å². The molecule has 3 N–H and O–H groups in total. The molecule has 1 amide bonds. The van der Waals surface area contributed by atoms with E-state index in [0.717, 1.165) is 11.1 Å². The lowest BCUT2D eigenvalue weighted by atomic mass is 10.1. The minimum absolute atomic E-state index is 0. The maximum Gasteiger partial charge on any atom is 0.412 e. The number of hydrogen-bond donors (Lipinski definition) is 2. The third kappa shape index (κ3) is 9.43. The molecule has 180 valence electrons. The van der Waals surface area contributed by atoms with Crippen LogP contribution in [-0.4, -0.2) is 45.5 Å². The molecule has 0 aliphatic carbocycles.